The van der Waals surface area contributed by atoms with Crippen LogP contribution in [0.2, 0.25) is 0 Å². The Kier molecular flexibility index (Phi) is 5.39. The number of fused-ring (bicyclic) bond motifs is 1. The third-order valence-electron chi connectivity index (χ3n) is 4.34. The molecule has 0 saturated carbocycles. The normalized spacial score (nSPS) is 11.8. The predicted molar refractivity (Wildman–Crippen MR) is 104 cm³/mol. The molecule has 1 aromatic heterocycles. The van der Waals surface area contributed by atoms with Gasteiger partial charge in [-0.15, -0.1) is 0 Å². The van der Waals surface area contributed by atoms with Crippen LogP contribution in [0, 0.1) is 17.0 Å². The molecule has 3 aromatic rings. The number of nitro benzene ring substituents is 1. The number of carbonyl (C=O) groups excluding carboxylic acids is 2. The number of esters is 1. The smallest absolute Gasteiger partial charge is 0.326 e. The van der Waals surface area contributed by atoms with E-state index in [-0.39, 0.29) is 17.9 Å². The van der Waals surface area contributed by atoms with Crippen LogP contribution in [0.4, 0.5) is 11.4 Å². The topological polar surface area (TPSA) is 103 Å². The molecule has 0 aliphatic rings. The molecule has 8 nitrogen and oxygen atoms in total. The first-order valence-corrected chi connectivity index (χ1v) is 8.65. The van der Waals surface area contributed by atoms with Gasteiger partial charge in [-0.3, -0.25) is 19.7 Å². The van der Waals surface area contributed by atoms with Crippen LogP contribution in [0.25, 0.3) is 10.9 Å². The minimum Gasteiger partial charge on any atom is -0.451 e. The van der Waals surface area contributed by atoms with Crippen LogP contribution < -0.4 is 5.32 Å². The first-order valence-electron chi connectivity index (χ1n) is 8.65. The molecule has 0 fully saturated rings. The number of aromatic nitrogens is 1. The lowest BCUT2D eigenvalue weighted by molar-refractivity contribution is -0.383. The number of anilines is 1. The van der Waals surface area contributed by atoms with E-state index in [1.165, 1.54) is 25.1 Å². The Hall–Kier alpha value is -3.68. The van der Waals surface area contributed by atoms with Gasteiger partial charge in [0.25, 0.3) is 11.6 Å². The monoisotopic (exact) mass is 381 g/mol. The van der Waals surface area contributed by atoms with E-state index in [0.717, 1.165) is 16.6 Å². The van der Waals surface area contributed by atoms with Gasteiger partial charge in [-0.25, -0.2) is 0 Å². The SMILES string of the molecule is Cc1cc2ccccc2n1CC(=O)OC(C)C(=O)Nc1ccccc1[N+](=O)[O-]. The lowest BCUT2D eigenvalue weighted by atomic mass is 10.2. The van der Waals surface area contributed by atoms with Gasteiger partial charge in [0.15, 0.2) is 6.10 Å². The largest absolute Gasteiger partial charge is 0.451 e. The third kappa shape index (κ3) is 4.01. The summed E-state index contributed by atoms with van der Waals surface area (Å²) >= 11 is 0. The summed E-state index contributed by atoms with van der Waals surface area (Å²) in [7, 11) is 0. The minimum atomic E-state index is -1.10. The molecule has 1 N–H and O–H groups in total. The molecule has 3 rings (SSSR count). The molecule has 1 heterocycles. The van der Waals surface area contributed by atoms with Gasteiger partial charge in [0.2, 0.25) is 0 Å². The molecular weight excluding hydrogens is 362 g/mol. The zero-order valence-electron chi connectivity index (χ0n) is 15.4. The van der Waals surface area contributed by atoms with Crippen LogP contribution in [-0.4, -0.2) is 27.5 Å². The zero-order valence-corrected chi connectivity index (χ0v) is 15.4. The summed E-state index contributed by atoms with van der Waals surface area (Å²) in [6.45, 7) is 3.27. The number of hydrogen-bond donors (Lipinski definition) is 1. The van der Waals surface area contributed by atoms with Gasteiger partial charge in [-0.2, -0.15) is 0 Å². The van der Waals surface area contributed by atoms with Gasteiger partial charge in [0, 0.05) is 17.3 Å². The van der Waals surface area contributed by atoms with Crippen LogP contribution in [0.1, 0.15) is 12.6 Å². The first kappa shape index (κ1) is 19.1. The quantitative estimate of drug-likeness (QED) is 0.400. The van der Waals surface area contributed by atoms with Crippen LogP contribution in [0.5, 0.6) is 0 Å². The zero-order chi connectivity index (χ0) is 20.3. The highest BCUT2D eigenvalue weighted by Crippen LogP contribution is 2.23. The van der Waals surface area contributed by atoms with Gasteiger partial charge < -0.3 is 14.6 Å². The number of carbonyl (C=O) groups is 2. The van der Waals surface area contributed by atoms with E-state index in [4.69, 9.17) is 4.74 Å². The number of hydrogen-bond acceptors (Lipinski definition) is 5. The number of benzene rings is 2. The van der Waals surface area contributed by atoms with Crippen LogP contribution >= 0.6 is 0 Å². The van der Waals surface area contributed by atoms with Gasteiger partial charge >= 0.3 is 5.97 Å². The van der Waals surface area contributed by atoms with E-state index in [2.05, 4.69) is 5.32 Å². The van der Waals surface area contributed by atoms with E-state index in [1.54, 1.807) is 6.07 Å². The fourth-order valence-corrected chi connectivity index (χ4v) is 2.95. The van der Waals surface area contributed by atoms with E-state index in [1.807, 2.05) is 41.8 Å². The number of para-hydroxylation sites is 3. The second kappa shape index (κ2) is 7.91. The van der Waals surface area contributed by atoms with Crippen molar-refractivity contribution in [3.63, 3.8) is 0 Å². The molecule has 1 unspecified atom stereocenters. The third-order valence-corrected chi connectivity index (χ3v) is 4.34. The van der Waals surface area contributed by atoms with Crippen molar-refractivity contribution in [1.29, 1.82) is 0 Å². The van der Waals surface area contributed by atoms with E-state index in [9.17, 15) is 19.7 Å². The highest BCUT2D eigenvalue weighted by molar-refractivity contribution is 5.97. The summed E-state index contributed by atoms with van der Waals surface area (Å²) in [6.07, 6.45) is -1.10. The van der Waals surface area contributed by atoms with E-state index < -0.39 is 22.9 Å². The van der Waals surface area contributed by atoms with Gasteiger partial charge in [-0.05, 0) is 37.4 Å². The molecule has 1 amide bonds. The summed E-state index contributed by atoms with van der Waals surface area (Å²) in [5.41, 5.74) is 1.61. The van der Waals surface area contributed by atoms with Crippen molar-refractivity contribution in [2.24, 2.45) is 0 Å². The molecule has 1 atom stereocenters. The van der Waals surface area contributed by atoms with Crippen molar-refractivity contribution in [2.45, 2.75) is 26.5 Å². The molecule has 0 aliphatic heterocycles. The Bertz CT molecular complexity index is 1060. The lowest BCUT2D eigenvalue weighted by Gasteiger charge is -2.15. The maximum atomic E-state index is 12.3. The summed E-state index contributed by atoms with van der Waals surface area (Å²) in [6, 6.07) is 15.4. The van der Waals surface area contributed by atoms with Crippen molar-refractivity contribution >= 4 is 34.2 Å². The average Bonchev–Trinajstić information content (AvgIpc) is 2.97. The summed E-state index contributed by atoms with van der Waals surface area (Å²) in [5, 5.41) is 14.5. The Balaban J connectivity index is 1.66. The van der Waals surface area contributed by atoms with Crippen molar-refractivity contribution in [3.8, 4) is 0 Å². The maximum absolute atomic E-state index is 12.3. The van der Waals surface area contributed by atoms with Crippen LogP contribution in [0.15, 0.2) is 54.6 Å². The number of nitrogens with one attached hydrogen (secondary N) is 1. The van der Waals surface area contributed by atoms with Crippen LogP contribution in [-0.2, 0) is 20.9 Å². The minimum absolute atomic E-state index is 0.0392. The molecule has 0 spiro atoms. The molecule has 28 heavy (non-hydrogen) atoms. The fourth-order valence-electron chi connectivity index (χ4n) is 2.95. The molecule has 0 saturated heterocycles. The van der Waals surface area contributed by atoms with Crippen molar-refractivity contribution in [3.05, 3.63) is 70.4 Å². The predicted octanol–water partition coefficient (Wildman–Crippen LogP) is 3.43. The number of rotatable bonds is 6. The fraction of sp³-hybridized carbons (Fsp3) is 0.200. The number of nitrogens with zero attached hydrogens (tertiary/aromatic N) is 2. The van der Waals surface area contributed by atoms with Crippen molar-refractivity contribution in [1.82, 2.24) is 4.57 Å². The molecule has 0 bridgehead atoms. The summed E-state index contributed by atoms with van der Waals surface area (Å²) < 4.78 is 7.03. The molecule has 8 heteroatoms. The number of amides is 1. The molecule has 144 valence electrons. The first-order chi connectivity index (χ1) is 13.4. The molecule has 0 radical (unpaired) electrons. The number of ether oxygens (including phenoxy) is 1. The second-order valence-corrected chi connectivity index (χ2v) is 6.33. The summed E-state index contributed by atoms with van der Waals surface area (Å²) in [5.74, 6) is -1.22. The number of nitro groups is 1. The van der Waals surface area contributed by atoms with Gasteiger partial charge in [-0.1, -0.05) is 30.3 Å². The van der Waals surface area contributed by atoms with Crippen molar-refractivity contribution in [2.75, 3.05) is 5.32 Å². The molecule has 0 aliphatic carbocycles. The van der Waals surface area contributed by atoms with E-state index >= 15 is 0 Å². The van der Waals surface area contributed by atoms with Crippen molar-refractivity contribution < 1.29 is 19.2 Å². The Morgan fingerprint density at radius 3 is 2.61 bits per heavy atom. The van der Waals surface area contributed by atoms with Crippen LogP contribution in [0.3, 0.4) is 0 Å². The molecular formula is C20H19N3O5. The second-order valence-electron chi connectivity index (χ2n) is 6.33. The average molecular weight is 381 g/mol. The van der Waals surface area contributed by atoms with E-state index in [0.29, 0.717) is 0 Å². The van der Waals surface area contributed by atoms with Gasteiger partial charge in [0.1, 0.15) is 12.2 Å². The Morgan fingerprint density at radius 1 is 1.18 bits per heavy atom. The summed E-state index contributed by atoms with van der Waals surface area (Å²) in [4.78, 5) is 35.0. The standard InChI is InChI=1S/C20H19N3O5/c1-13-11-15-7-3-5-9-17(15)22(13)12-19(24)28-14(2)20(25)21-16-8-4-6-10-18(16)23(26)27/h3-11,14H,12H2,1-2H3,(H,21,25). The van der Waals surface area contributed by atoms with Gasteiger partial charge in [0.05, 0.1) is 4.92 Å². The lowest BCUT2D eigenvalue weighted by Crippen LogP contribution is -2.31. The highest BCUT2D eigenvalue weighted by Gasteiger charge is 2.22. The maximum Gasteiger partial charge on any atom is 0.326 e. The molecule has 2 aromatic carbocycles. The Morgan fingerprint density at radius 2 is 1.86 bits per heavy atom. The number of aryl methyl sites for hydroxylation is 1. The highest BCUT2D eigenvalue weighted by atomic mass is 16.6. The Labute approximate surface area is 160 Å².